The Labute approximate surface area is 174 Å². The molecule has 6 nitrogen and oxygen atoms in total. The molecule has 28 heavy (non-hydrogen) atoms. The van der Waals surface area contributed by atoms with Crippen molar-refractivity contribution in [2.24, 2.45) is 0 Å². The molecule has 1 aliphatic rings. The van der Waals surface area contributed by atoms with Gasteiger partial charge in [-0.3, -0.25) is 4.79 Å². The van der Waals surface area contributed by atoms with Crippen LogP contribution < -0.4 is 4.74 Å². The van der Waals surface area contributed by atoms with E-state index in [1.54, 1.807) is 36.1 Å². The maximum absolute atomic E-state index is 12.9. The summed E-state index contributed by atoms with van der Waals surface area (Å²) < 4.78 is 33.4. The van der Waals surface area contributed by atoms with Crippen LogP contribution in [0, 0.1) is 6.92 Å². The van der Waals surface area contributed by atoms with E-state index < -0.39 is 16.1 Å². The molecule has 0 aromatic heterocycles. The smallest absolute Gasteiger partial charge is 0.263 e. The van der Waals surface area contributed by atoms with Crippen LogP contribution in [0.5, 0.6) is 5.75 Å². The van der Waals surface area contributed by atoms with Crippen LogP contribution in [-0.2, 0) is 14.8 Å². The minimum Gasteiger partial charge on any atom is -0.481 e. The summed E-state index contributed by atoms with van der Waals surface area (Å²) in [5, 5.41) is 0. The first-order chi connectivity index (χ1) is 13.3. The largest absolute Gasteiger partial charge is 0.481 e. The molecule has 1 unspecified atom stereocenters. The Bertz CT molecular complexity index is 956. The molecule has 1 aliphatic heterocycles. The normalized spacial score (nSPS) is 16.6. The van der Waals surface area contributed by atoms with Gasteiger partial charge in [0.15, 0.2) is 6.10 Å². The summed E-state index contributed by atoms with van der Waals surface area (Å²) in [7, 11) is -3.60. The van der Waals surface area contributed by atoms with Crippen molar-refractivity contribution in [2.45, 2.75) is 24.8 Å². The highest BCUT2D eigenvalue weighted by Crippen LogP contribution is 2.25. The Morgan fingerprint density at radius 2 is 1.75 bits per heavy atom. The lowest BCUT2D eigenvalue weighted by atomic mass is 10.2. The first-order valence-corrected chi connectivity index (χ1v) is 11.3. The third kappa shape index (κ3) is 4.56. The number of nitrogens with zero attached hydrogens (tertiary/aromatic N) is 2. The average Bonchev–Trinajstić information content (AvgIpc) is 2.67. The van der Waals surface area contributed by atoms with E-state index >= 15 is 0 Å². The van der Waals surface area contributed by atoms with Crippen molar-refractivity contribution in [3.8, 4) is 5.75 Å². The second-order valence-corrected chi connectivity index (χ2v) is 9.50. The maximum Gasteiger partial charge on any atom is 0.263 e. The van der Waals surface area contributed by atoms with Crippen molar-refractivity contribution < 1.29 is 17.9 Å². The molecule has 1 amide bonds. The maximum atomic E-state index is 12.9. The van der Waals surface area contributed by atoms with Crippen LogP contribution in [-0.4, -0.2) is 55.8 Å². The van der Waals surface area contributed by atoms with Crippen LogP contribution >= 0.6 is 15.9 Å². The first kappa shape index (κ1) is 20.8. The molecule has 8 heteroatoms. The van der Waals surface area contributed by atoms with Gasteiger partial charge >= 0.3 is 0 Å². The van der Waals surface area contributed by atoms with E-state index in [0.29, 0.717) is 23.3 Å². The van der Waals surface area contributed by atoms with Crippen molar-refractivity contribution in [3.05, 3.63) is 58.6 Å². The van der Waals surface area contributed by atoms with Crippen LogP contribution in [0.1, 0.15) is 12.5 Å². The highest BCUT2D eigenvalue weighted by Gasteiger charge is 2.32. The van der Waals surface area contributed by atoms with E-state index in [-0.39, 0.29) is 23.9 Å². The predicted molar refractivity (Wildman–Crippen MR) is 111 cm³/mol. The van der Waals surface area contributed by atoms with Crippen molar-refractivity contribution in [3.63, 3.8) is 0 Å². The van der Waals surface area contributed by atoms with E-state index in [1.165, 1.54) is 4.31 Å². The molecule has 1 heterocycles. The fraction of sp³-hybridized carbons (Fsp3) is 0.350. The summed E-state index contributed by atoms with van der Waals surface area (Å²) >= 11 is 3.30. The van der Waals surface area contributed by atoms with Crippen LogP contribution in [0.2, 0.25) is 0 Å². The van der Waals surface area contributed by atoms with Gasteiger partial charge in [0.25, 0.3) is 5.91 Å². The molecule has 0 N–H and O–H groups in total. The zero-order chi connectivity index (χ0) is 20.3. The molecule has 2 aromatic rings. The number of rotatable bonds is 5. The Morgan fingerprint density at radius 1 is 1.07 bits per heavy atom. The summed E-state index contributed by atoms with van der Waals surface area (Å²) in [6.45, 7) is 4.87. The number of piperazine rings is 1. The number of carbonyl (C=O) groups excluding carboxylic acids is 1. The highest BCUT2D eigenvalue weighted by atomic mass is 79.9. The zero-order valence-corrected chi connectivity index (χ0v) is 18.2. The van der Waals surface area contributed by atoms with E-state index in [0.717, 1.165) is 5.56 Å². The zero-order valence-electron chi connectivity index (χ0n) is 15.8. The average molecular weight is 467 g/mol. The van der Waals surface area contributed by atoms with Gasteiger partial charge in [0.05, 0.1) is 4.90 Å². The number of amides is 1. The molecule has 1 atom stereocenters. The van der Waals surface area contributed by atoms with Crippen molar-refractivity contribution >= 4 is 31.9 Å². The molecule has 2 aromatic carbocycles. The summed E-state index contributed by atoms with van der Waals surface area (Å²) in [4.78, 5) is 14.6. The standard InChI is InChI=1S/C20H23BrN2O4S/c1-15-6-5-7-17(14-15)27-16(2)20(24)22-10-12-23(13-11-22)28(25,26)19-9-4-3-8-18(19)21/h3-9,14,16H,10-13H2,1-2H3. The van der Waals surface area contributed by atoms with E-state index in [4.69, 9.17) is 4.74 Å². The number of benzene rings is 2. The molecule has 0 saturated carbocycles. The number of halogens is 1. The molecule has 1 fully saturated rings. The fourth-order valence-electron chi connectivity index (χ4n) is 3.14. The molecule has 0 bridgehead atoms. The number of carbonyl (C=O) groups is 1. The van der Waals surface area contributed by atoms with Crippen LogP contribution in [0.25, 0.3) is 0 Å². The lowest BCUT2D eigenvalue weighted by Gasteiger charge is -2.35. The van der Waals surface area contributed by atoms with Gasteiger partial charge < -0.3 is 9.64 Å². The Hall–Kier alpha value is -1.90. The molecule has 0 radical (unpaired) electrons. The number of hydrogen-bond acceptors (Lipinski definition) is 4. The second kappa shape index (κ2) is 8.63. The summed E-state index contributed by atoms with van der Waals surface area (Å²) in [5.41, 5.74) is 1.06. The van der Waals surface area contributed by atoms with Crippen molar-refractivity contribution in [1.29, 1.82) is 0 Å². The quantitative estimate of drug-likeness (QED) is 0.678. The molecular weight excluding hydrogens is 444 g/mol. The summed E-state index contributed by atoms with van der Waals surface area (Å²) in [6, 6.07) is 14.3. The van der Waals surface area contributed by atoms with Crippen molar-refractivity contribution in [2.75, 3.05) is 26.2 Å². The molecule has 0 aliphatic carbocycles. The predicted octanol–water partition coefficient (Wildman–Crippen LogP) is 3.06. The summed E-state index contributed by atoms with van der Waals surface area (Å²) in [6.07, 6.45) is -0.631. The third-order valence-corrected chi connectivity index (χ3v) is 7.57. The number of ether oxygens (including phenoxy) is 1. The van der Waals surface area contributed by atoms with Crippen molar-refractivity contribution in [1.82, 2.24) is 9.21 Å². The molecule has 1 saturated heterocycles. The summed E-state index contributed by atoms with van der Waals surface area (Å²) in [5.74, 6) is 0.510. The van der Waals surface area contributed by atoms with E-state index in [9.17, 15) is 13.2 Å². The van der Waals surface area contributed by atoms with E-state index in [2.05, 4.69) is 15.9 Å². The van der Waals surface area contributed by atoms with Gasteiger partial charge in [-0.05, 0) is 59.6 Å². The lowest BCUT2D eigenvalue weighted by molar-refractivity contribution is -0.139. The minimum absolute atomic E-state index is 0.139. The Morgan fingerprint density at radius 3 is 2.39 bits per heavy atom. The number of aryl methyl sites for hydroxylation is 1. The van der Waals surface area contributed by atoms with Gasteiger partial charge in [-0.15, -0.1) is 0 Å². The molecular formula is C20H23BrN2O4S. The fourth-order valence-corrected chi connectivity index (χ4v) is 5.53. The van der Waals surface area contributed by atoms with Gasteiger partial charge in [0, 0.05) is 30.7 Å². The Balaban J connectivity index is 1.61. The topological polar surface area (TPSA) is 66.9 Å². The van der Waals surface area contributed by atoms with Crippen LogP contribution in [0.3, 0.4) is 0 Å². The molecule has 0 spiro atoms. The third-order valence-electron chi connectivity index (χ3n) is 4.65. The van der Waals surface area contributed by atoms with Gasteiger partial charge in [0.2, 0.25) is 10.0 Å². The first-order valence-electron chi connectivity index (χ1n) is 9.06. The number of hydrogen-bond donors (Lipinski definition) is 0. The highest BCUT2D eigenvalue weighted by molar-refractivity contribution is 9.10. The Kier molecular flexibility index (Phi) is 6.42. The minimum atomic E-state index is -3.60. The van der Waals surface area contributed by atoms with Crippen LogP contribution in [0.4, 0.5) is 0 Å². The molecule has 3 rings (SSSR count). The second-order valence-electron chi connectivity index (χ2n) is 6.74. The van der Waals surface area contributed by atoms with E-state index in [1.807, 2.05) is 31.2 Å². The monoisotopic (exact) mass is 466 g/mol. The van der Waals surface area contributed by atoms with Gasteiger partial charge in [-0.25, -0.2) is 8.42 Å². The van der Waals surface area contributed by atoms with Gasteiger partial charge in [0.1, 0.15) is 5.75 Å². The number of sulfonamides is 1. The van der Waals surface area contributed by atoms with Crippen LogP contribution in [0.15, 0.2) is 57.9 Å². The lowest BCUT2D eigenvalue weighted by Crippen LogP contribution is -2.53. The van der Waals surface area contributed by atoms with Gasteiger partial charge in [-0.2, -0.15) is 4.31 Å². The molecule has 150 valence electrons. The van der Waals surface area contributed by atoms with Gasteiger partial charge in [-0.1, -0.05) is 24.3 Å². The SMILES string of the molecule is Cc1cccc(OC(C)C(=O)N2CCN(S(=O)(=O)c3ccccc3Br)CC2)c1.